The third kappa shape index (κ3) is 6.72. The summed E-state index contributed by atoms with van der Waals surface area (Å²) in [6.45, 7) is 2.05. The number of amides is 1. The number of carbonyl (C=O) groups is 1. The molecule has 212 valence electrons. The maximum atomic E-state index is 14.7. The average Bonchev–Trinajstić information content (AvgIpc) is 3.00. The lowest BCUT2D eigenvalue weighted by Gasteiger charge is -2.34. The molecule has 11 heteroatoms. The van der Waals surface area contributed by atoms with Gasteiger partial charge in [0.05, 0.1) is 12.7 Å². The Hall–Kier alpha value is -4.71. The molecule has 1 aliphatic heterocycles. The number of hydrogen-bond donors (Lipinski definition) is 4. The van der Waals surface area contributed by atoms with Crippen LogP contribution in [0.2, 0.25) is 0 Å². The molecule has 10 nitrogen and oxygen atoms in total. The molecule has 3 aromatic rings. The maximum Gasteiger partial charge on any atom is 0.243 e. The second kappa shape index (κ2) is 13.6. The smallest absolute Gasteiger partial charge is 0.243 e. The van der Waals surface area contributed by atoms with Crippen molar-refractivity contribution in [1.82, 2.24) is 15.8 Å². The molecular weight excluding hydrogens is 527 g/mol. The minimum absolute atomic E-state index is 0.0872. The fourth-order valence-electron chi connectivity index (χ4n) is 5.05. The predicted molar refractivity (Wildman–Crippen MR) is 150 cm³/mol. The molecule has 1 saturated heterocycles. The zero-order valence-electron chi connectivity index (χ0n) is 22.7. The highest BCUT2D eigenvalue weighted by atomic mass is 19.1. The summed E-state index contributed by atoms with van der Waals surface area (Å²) >= 11 is 0. The Morgan fingerprint density at radius 3 is 2.54 bits per heavy atom. The van der Waals surface area contributed by atoms with Gasteiger partial charge in [0.2, 0.25) is 5.91 Å². The first kappa shape index (κ1) is 29.3. The lowest BCUT2D eigenvalue weighted by atomic mass is 9.91. The zero-order valence-corrected chi connectivity index (χ0v) is 22.7. The van der Waals surface area contributed by atoms with E-state index in [-0.39, 0.29) is 35.1 Å². The van der Waals surface area contributed by atoms with Gasteiger partial charge in [-0.25, -0.2) is 14.9 Å². The third-order valence-electron chi connectivity index (χ3n) is 7.22. The van der Waals surface area contributed by atoms with Gasteiger partial charge < -0.3 is 20.1 Å². The highest BCUT2D eigenvalue weighted by Gasteiger charge is 2.26. The lowest BCUT2D eigenvalue weighted by Crippen LogP contribution is -2.43. The van der Waals surface area contributed by atoms with Crippen LogP contribution in [0.4, 0.5) is 10.2 Å². The molecule has 4 N–H and O–H groups in total. The van der Waals surface area contributed by atoms with E-state index in [4.69, 9.17) is 9.94 Å². The molecule has 1 aliphatic rings. The van der Waals surface area contributed by atoms with Gasteiger partial charge in [-0.15, -0.1) is 0 Å². The van der Waals surface area contributed by atoms with Crippen LogP contribution in [0.3, 0.4) is 0 Å². The number of rotatable bonds is 10. The van der Waals surface area contributed by atoms with Crippen LogP contribution >= 0.6 is 0 Å². The fraction of sp³-hybridized carbons (Fsp3) is 0.333. The molecular formula is C30H31FN6O4. The van der Waals surface area contributed by atoms with E-state index in [0.717, 1.165) is 25.8 Å². The zero-order chi connectivity index (χ0) is 29.4. The highest BCUT2D eigenvalue weighted by Crippen LogP contribution is 2.41. The van der Waals surface area contributed by atoms with Gasteiger partial charge in [0.25, 0.3) is 0 Å². The first-order chi connectivity index (χ1) is 19.9. The van der Waals surface area contributed by atoms with Gasteiger partial charge in [0.1, 0.15) is 29.3 Å². The van der Waals surface area contributed by atoms with E-state index in [2.05, 4.69) is 16.4 Å². The molecule has 0 saturated carbocycles. The number of ether oxygens (including phenoxy) is 1. The number of aromatic hydroxyl groups is 1. The normalized spacial score (nSPS) is 13.3. The van der Waals surface area contributed by atoms with Gasteiger partial charge in [0, 0.05) is 42.9 Å². The molecule has 41 heavy (non-hydrogen) atoms. The molecule has 0 unspecified atom stereocenters. The molecule has 1 amide bonds. The topological polar surface area (TPSA) is 155 Å². The van der Waals surface area contributed by atoms with Crippen molar-refractivity contribution in [3.8, 4) is 45.9 Å². The number of aromatic nitrogens is 1. The van der Waals surface area contributed by atoms with Crippen molar-refractivity contribution in [3.63, 3.8) is 0 Å². The Bertz CT molecular complexity index is 1490. The first-order valence-electron chi connectivity index (χ1n) is 13.3. The van der Waals surface area contributed by atoms with E-state index in [0.29, 0.717) is 47.6 Å². The Morgan fingerprint density at radius 2 is 1.90 bits per heavy atom. The molecule has 0 spiro atoms. The van der Waals surface area contributed by atoms with Gasteiger partial charge in [-0.05, 0) is 67.6 Å². The van der Waals surface area contributed by atoms with Crippen molar-refractivity contribution in [2.24, 2.45) is 0 Å². The van der Waals surface area contributed by atoms with Gasteiger partial charge >= 0.3 is 0 Å². The number of nitrogens with one attached hydrogen (secondary N) is 2. The highest BCUT2D eigenvalue weighted by molar-refractivity contribution is 5.90. The number of phenolic OH excluding ortho intramolecular Hbond substituents is 1. The summed E-state index contributed by atoms with van der Waals surface area (Å²) < 4.78 is 19.9. The molecule has 1 aromatic heterocycles. The van der Waals surface area contributed by atoms with Crippen molar-refractivity contribution in [1.29, 1.82) is 10.5 Å². The largest absolute Gasteiger partial charge is 0.504 e. The number of halogens is 1. The number of hydrogen-bond acceptors (Lipinski definition) is 9. The summed E-state index contributed by atoms with van der Waals surface area (Å²) in [5, 5.41) is 42.1. The number of piperidine rings is 1. The van der Waals surface area contributed by atoms with Crippen LogP contribution in [0, 0.1) is 28.5 Å². The Kier molecular flexibility index (Phi) is 9.69. The van der Waals surface area contributed by atoms with Gasteiger partial charge in [0.15, 0.2) is 11.5 Å². The molecule has 4 rings (SSSR count). The van der Waals surface area contributed by atoms with Crippen LogP contribution < -0.4 is 20.4 Å². The predicted octanol–water partition coefficient (Wildman–Crippen LogP) is 4.25. The quantitative estimate of drug-likeness (QED) is 0.162. The molecule has 0 atom stereocenters. The van der Waals surface area contributed by atoms with Crippen molar-refractivity contribution >= 4 is 11.7 Å². The van der Waals surface area contributed by atoms with Crippen LogP contribution in [0.1, 0.15) is 43.2 Å². The molecule has 0 radical (unpaired) electrons. The average molecular weight is 559 g/mol. The monoisotopic (exact) mass is 558 g/mol. The summed E-state index contributed by atoms with van der Waals surface area (Å²) in [5.41, 5.74) is 3.77. The molecule has 0 aliphatic carbocycles. The lowest BCUT2D eigenvalue weighted by molar-refractivity contribution is -0.129. The van der Waals surface area contributed by atoms with Gasteiger partial charge in [-0.2, -0.15) is 10.5 Å². The minimum atomic E-state index is -0.695. The van der Waals surface area contributed by atoms with Crippen LogP contribution in [-0.2, 0) is 4.79 Å². The Morgan fingerprint density at radius 1 is 1.15 bits per heavy atom. The van der Waals surface area contributed by atoms with E-state index in [1.54, 1.807) is 29.9 Å². The molecule has 2 heterocycles. The second-order valence-electron chi connectivity index (χ2n) is 9.76. The number of benzene rings is 2. The second-order valence-corrected chi connectivity index (χ2v) is 9.76. The van der Waals surface area contributed by atoms with E-state index in [1.807, 2.05) is 11.0 Å². The van der Waals surface area contributed by atoms with Crippen molar-refractivity contribution in [2.75, 3.05) is 31.6 Å². The van der Waals surface area contributed by atoms with Gasteiger partial charge in [-0.1, -0.05) is 12.1 Å². The van der Waals surface area contributed by atoms with E-state index in [1.165, 1.54) is 25.3 Å². The van der Waals surface area contributed by atoms with Crippen molar-refractivity contribution in [2.45, 2.75) is 38.1 Å². The van der Waals surface area contributed by atoms with Crippen LogP contribution in [0.25, 0.3) is 22.3 Å². The number of hydroxylamine groups is 1. The number of pyridine rings is 1. The number of carbonyl (C=O) groups excluding carboxylic acids is 1. The fourth-order valence-corrected chi connectivity index (χ4v) is 5.05. The van der Waals surface area contributed by atoms with E-state index >= 15 is 0 Å². The number of anilines is 1. The SMILES string of the molecule is COc1ccc(-c2cnc(N3CCC(NCCCCC(=O)NO)CC3)c(C#N)c2-c2ccc(C#N)c(F)c2)cc1O. The van der Waals surface area contributed by atoms with Gasteiger partial charge in [-0.3, -0.25) is 10.0 Å². The summed E-state index contributed by atoms with van der Waals surface area (Å²) in [6, 6.07) is 13.5. The number of methoxy groups -OCH3 is 1. The molecule has 2 aromatic carbocycles. The molecule has 0 bridgehead atoms. The summed E-state index contributed by atoms with van der Waals surface area (Å²) in [5.74, 6) is -0.397. The Labute approximate surface area is 237 Å². The van der Waals surface area contributed by atoms with E-state index in [9.17, 15) is 24.8 Å². The number of phenols is 1. The van der Waals surface area contributed by atoms with Crippen molar-refractivity contribution in [3.05, 3.63) is 59.5 Å². The summed E-state index contributed by atoms with van der Waals surface area (Å²) in [6.07, 6.45) is 5.01. The van der Waals surface area contributed by atoms with Crippen LogP contribution in [-0.4, -0.2) is 54.0 Å². The van der Waals surface area contributed by atoms with Crippen molar-refractivity contribution < 1.29 is 24.2 Å². The van der Waals surface area contributed by atoms with Crippen LogP contribution in [0.5, 0.6) is 11.5 Å². The summed E-state index contributed by atoms with van der Waals surface area (Å²) in [4.78, 5) is 17.8. The number of nitrogens with zero attached hydrogens (tertiary/aromatic N) is 4. The molecule has 1 fully saturated rings. The summed E-state index contributed by atoms with van der Waals surface area (Å²) in [7, 11) is 1.45. The number of nitriles is 2. The van der Waals surface area contributed by atoms with Crippen LogP contribution in [0.15, 0.2) is 42.6 Å². The van der Waals surface area contributed by atoms with E-state index < -0.39 is 11.7 Å². The first-order valence-corrected chi connectivity index (χ1v) is 13.3. The maximum absolute atomic E-state index is 14.7. The third-order valence-corrected chi connectivity index (χ3v) is 7.22. The number of unbranched alkanes of at least 4 members (excludes halogenated alkanes) is 1. The minimum Gasteiger partial charge on any atom is -0.504 e. The standard InChI is InChI=1S/C30H31FN6O4/c1-41-27-8-7-19(15-26(27)38)24-18-35-30(23(17-33)29(24)20-5-6-21(16-32)25(31)14-20)37-12-9-22(10-13-37)34-11-3-2-4-28(39)36-40/h5-8,14-15,18,22,34,38,40H,2-4,9-13H2,1H3,(H,36,39). The Balaban J connectivity index is 1.62.